The van der Waals surface area contributed by atoms with E-state index < -0.39 is 0 Å². The van der Waals surface area contributed by atoms with E-state index in [1.54, 1.807) is 13.0 Å². The average Bonchev–Trinajstić information content (AvgIpc) is 2.34. The Balaban J connectivity index is 2.45. The highest BCUT2D eigenvalue weighted by Gasteiger charge is 2.06. The van der Waals surface area contributed by atoms with E-state index in [4.69, 9.17) is 0 Å². The van der Waals surface area contributed by atoms with Gasteiger partial charge >= 0.3 is 0 Å². The third-order valence-electron chi connectivity index (χ3n) is 3.19. The second kappa shape index (κ2) is 7.44. The molecule has 17 heavy (non-hydrogen) atoms. The lowest BCUT2D eigenvalue weighted by atomic mass is 10.0. The Bertz CT molecular complexity index is 336. The van der Waals surface area contributed by atoms with Gasteiger partial charge in [-0.1, -0.05) is 26.0 Å². The molecule has 1 unspecified atom stereocenters. The van der Waals surface area contributed by atoms with Gasteiger partial charge in [0.15, 0.2) is 0 Å². The number of aryl methyl sites for hydroxylation is 2. The summed E-state index contributed by atoms with van der Waals surface area (Å²) in [4.78, 5) is 0. The quantitative estimate of drug-likeness (QED) is 0.759. The van der Waals surface area contributed by atoms with Gasteiger partial charge in [-0.2, -0.15) is 0 Å². The minimum Gasteiger partial charge on any atom is -0.314 e. The smallest absolute Gasteiger partial charge is 0.126 e. The molecule has 0 fully saturated rings. The van der Waals surface area contributed by atoms with Crippen molar-refractivity contribution in [2.45, 2.75) is 52.5 Å². The molecule has 1 rings (SSSR count). The van der Waals surface area contributed by atoms with E-state index in [0.717, 1.165) is 43.4 Å². The van der Waals surface area contributed by atoms with E-state index in [2.05, 4.69) is 19.2 Å². The molecular weight excluding hydrogens is 213 g/mol. The largest absolute Gasteiger partial charge is 0.314 e. The van der Waals surface area contributed by atoms with Gasteiger partial charge in [-0.3, -0.25) is 0 Å². The summed E-state index contributed by atoms with van der Waals surface area (Å²) in [7, 11) is 0. The molecule has 0 saturated carbocycles. The first-order chi connectivity index (χ1) is 8.17. The molecule has 1 aromatic rings. The van der Waals surface area contributed by atoms with Gasteiger partial charge in [0.2, 0.25) is 0 Å². The van der Waals surface area contributed by atoms with Crippen LogP contribution in [0.5, 0.6) is 0 Å². The van der Waals surface area contributed by atoms with Crippen molar-refractivity contribution in [1.29, 1.82) is 0 Å². The Hall–Kier alpha value is -0.890. The maximum atomic E-state index is 13.4. The second-order valence-electron chi connectivity index (χ2n) is 4.68. The molecule has 0 saturated heterocycles. The van der Waals surface area contributed by atoms with Crippen LogP contribution in [0.2, 0.25) is 0 Å². The van der Waals surface area contributed by atoms with Crippen LogP contribution in [0.4, 0.5) is 4.39 Å². The van der Waals surface area contributed by atoms with Crippen molar-refractivity contribution in [2.75, 3.05) is 6.54 Å². The molecule has 0 aromatic heterocycles. The monoisotopic (exact) mass is 237 g/mol. The third kappa shape index (κ3) is 4.86. The summed E-state index contributed by atoms with van der Waals surface area (Å²) in [5, 5.41) is 3.52. The first-order valence-corrected chi connectivity index (χ1v) is 6.65. The lowest BCUT2D eigenvalue weighted by Crippen LogP contribution is -2.29. The topological polar surface area (TPSA) is 12.0 Å². The van der Waals surface area contributed by atoms with Crippen molar-refractivity contribution in [3.63, 3.8) is 0 Å². The number of hydrogen-bond acceptors (Lipinski definition) is 1. The fraction of sp³-hybridized carbons (Fsp3) is 0.600. The fourth-order valence-corrected chi connectivity index (χ4v) is 1.93. The molecule has 0 bridgehead atoms. The normalized spacial score (nSPS) is 12.7. The minimum atomic E-state index is -0.0861. The van der Waals surface area contributed by atoms with Crippen LogP contribution in [-0.4, -0.2) is 12.6 Å². The Morgan fingerprint density at radius 3 is 2.65 bits per heavy atom. The zero-order chi connectivity index (χ0) is 12.7. The summed E-state index contributed by atoms with van der Waals surface area (Å²) < 4.78 is 13.4. The number of rotatable bonds is 7. The van der Waals surface area contributed by atoms with Gasteiger partial charge in [-0.25, -0.2) is 4.39 Å². The maximum Gasteiger partial charge on any atom is 0.126 e. The summed E-state index contributed by atoms with van der Waals surface area (Å²) >= 11 is 0. The summed E-state index contributed by atoms with van der Waals surface area (Å²) in [6.45, 7) is 7.25. The highest BCUT2D eigenvalue weighted by atomic mass is 19.1. The van der Waals surface area contributed by atoms with Gasteiger partial charge in [-0.05, 0) is 56.3 Å². The molecule has 0 aliphatic rings. The van der Waals surface area contributed by atoms with Crippen LogP contribution in [0.3, 0.4) is 0 Å². The van der Waals surface area contributed by atoms with Crippen molar-refractivity contribution in [1.82, 2.24) is 5.32 Å². The summed E-state index contributed by atoms with van der Waals surface area (Å²) in [5.41, 5.74) is 1.83. The van der Waals surface area contributed by atoms with E-state index in [0.29, 0.717) is 6.04 Å². The number of halogens is 1. The van der Waals surface area contributed by atoms with Crippen molar-refractivity contribution in [3.05, 3.63) is 35.1 Å². The molecule has 2 heteroatoms. The van der Waals surface area contributed by atoms with E-state index in [9.17, 15) is 4.39 Å². The molecule has 0 spiro atoms. The van der Waals surface area contributed by atoms with Crippen molar-refractivity contribution >= 4 is 0 Å². The molecule has 1 N–H and O–H groups in total. The summed E-state index contributed by atoms with van der Waals surface area (Å²) in [5.74, 6) is -0.0861. The number of nitrogens with one attached hydrogen (secondary N) is 1. The zero-order valence-electron chi connectivity index (χ0n) is 11.2. The first-order valence-electron chi connectivity index (χ1n) is 6.65. The van der Waals surface area contributed by atoms with Gasteiger partial charge in [0, 0.05) is 6.04 Å². The molecule has 0 aliphatic heterocycles. The highest BCUT2D eigenvalue weighted by Crippen LogP contribution is 2.12. The van der Waals surface area contributed by atoms with Crippen LogP contribution < -0.4 is 5.32 Å². The molecule has 0 amide bonds. The van der Waals surface area contributed by atoms with E-state index in [1.165, 1.54) is 0 Å². The van der Waals surface area contributed by atoms with Crippen molar-refractivity contribution in [2.24, 2.45) is 0 Å². The predicted octanol–water partition coefficient (Wildman–Crippen LogP) is 3.84. The maximum absolute atomic E-state index is 13.4. The summed E-state index contributed by atoms with van der Waals surface area (Å²) in [6.07, 6.45) is 4.33. The molecule has 1 atom stereocenters. The van der Waals surface area contributed by atoms with E-state index in [1.807, 2.05) is 12.1 Å². The van der Waals surface area contributed by atoms with Gasteiger partial charge in [0.05, 0.1) is 0 Å². The number of benzene rings is 1. The van der Waals surface area contributed by atoms with Crippen LogP contribution in [0.15, 0.2) is 18.2 Å². The molecular formula is C15H24FN. The first kappa shape index (κ1) is 14.2. The Morgan fingerprint density at radius 2 is 2.06 bits per heavy atom. The molecule has 1 aromatic carbocycles. The van der Waals surface area contributed by atoms with Crippen LogP contribution in [0.25, 0.3) is 0 Å². The van der Waals surface area contributed by atoms with Crippen LogP contribution >= 0.6 is 0 Å². The molecule has 0 aliphatic carbocycles. The van der Waals surface area contributed by atoms with Gasteiger partial charge in [-0.15, -0.1) is 0 Å². The molecule has 96 valence electrons. The lowest BCUT2D eigenvalue weighted by Gasteiger charge is -2.16. The van der Waals surface area contributed by atoms with Gasteiger partial charge in [0.1, 0.15) is 5.82 Å². The molecule has 0 radical (unpaired) electrons. The minimum absolute atomic E-state index is 0.0861. The van der Waals surface area contributed by atoms with Crippen LogP contribution in [0, 0.1) is 12.7 Å². The van der Waals surface area contributed by atoms with Crippen LogP contribution in [0.1, 0.15) is 44.2 Å². The third-order valence-corrected chi connectivity index (χ3v) is 3.19. The van der Waals surface area contributed by atoms with E-state index >= 15 is 0 Å². The van der Waals surface area contributed by atoms with Crippen molar-refractivity contribution in [3.8, 4) is 0 Å². The molecule has 1 nitrogen and oxygen atoms in total. The zero-order valence-corrected chi connectivity index (χ0v) is 11.2. The second-order valence-corrected chi connectivity index (χ2v) is 4.68. The Labute approximate surface area is 104 Å². The number of hydrogen-bond donors (Lipinski definition) is 1. The summed E-state index contributed by atoms with van der Waals surface area (Å²) in [6, 6.07) is 6.12. The fourth-order valence-electron chi connectivity index (χ4n) is 1.93. The predicted molar refractivity (Wildman–Crippen MR) is 71.8 cm³/mol. The van der Waals surface area contributed by atoms with Crippen molar-refractivity contribution < 1.29 is 4.39 Å². The Morgan fingerprint density at radius 1 is 1.29 bits per heavy atom. The van der Waals surface area contributed by atoms with Gasteiger partial charge < -0.3 is 5.32 Å². The standard InChI is InChI=1S/C15H24FN/c1-4-10-17-14(5-2)9-8-13-7-6-12(3)15(16)11-13/h6-7,11,14,17H,4-5,8-10H2,1-3H3. The lowest BCUT2D eigenvalue weighted by molar-refractivity contribution is 0.468. The Kier molecular flexibility index (Phi) is 6.20. The highest BCUT2D eigenvalue weighted by molar-refractivity contribution is 5.23. The average molecular weight is 237 g/mol. The molecule has 0 heterocycles. The van der Waals surface area contributed by atoms with Gasteiger partial charge in [0.25, 0.3) is 0 Å². The SMILES string of the molecule is CCCNC(CC)CCc1ccc(C)c(F)c1. The van der Waals surface area contributed by atoms with Crippen LogP contribution in [-0.2, 0) is 6.42 Å². The van der Waals surface area contributed by atoms with E-state index in [-0.39, 0.29) is 5.82 Å².